The third kappa shape index (κ3) is 2.57. The smallest absolute Gasteiger partial charge is 0.227 e. The second-order valence-corrected chi connectivity index (χ2v) is 5.02. The zero-order valence-electron chi connectivity index (χ0n) is 8.62. The molecular weight excluding hydrogens is 284 g/mol. The van der Waals surface area contributed by atoms with Crippen LogP contribution in [0.4, 0.5) is 5.69 Å². The zero-order valence-corrected chi connectivity index (χ0v) is 10.9. The van der Waals surface area contributed by atoms with E-state index in [1.165, 1.54) is 4.90 Å². The fraction of sp³-hybridized carbons (Fsp3) is 0.273. The van der Waals surface area contributed by atoms with E-state index in [4.69, 9.17) is 34.8 Å². The number of carbonyl (C=O) groups excluding carboxylic acids is 2. The molecule has 1 heterocycles. The Morgan fingerprint density at radius 3 is 2.65 bits per heavy atom. The molecule has 0 radical (unpaired) electrons. The summed E-state index contributed by atoms with van der Waals surface area (Å²) >= 11 is 17.2. The van der Waals surface area contributed by atoms with Gasteiger partial charge in [0.15, 0.2) is 0 Å². The van der Waals surface area contributed by atoms with Gasteiger partial charge in [-0.25, -0.2) is 0 Å². The van der Waals surface area contributed by atoms with Gasteiger partial charge in [-0.3, -0.25) is 9.59 Å². The summed E-state index contributed by atoms with van der Waals surface area (Å²) in [6.07, 6.45) is 0.116. The summed E-state index contributed by atoms with van der Waals surface area (Å²) in [6.45, 7) is 0.251. The Labute approximate surface area is 113 Å². The molecule has 90 valence electrons. The Balaban J connectivity index is 2.32. The summed E-state index contributed by atoms with van der Waals surface area (Å²) in [5.41, 5.74) is 0.518. The van der Waals surface area contributed by atoms with E-state index in [0.717, 1.165) is 0 Å². The van der Waals surface area contributed by atoms with E-state index in [1.807, 2.05) is 0 Å². The SMILES string of the molecule is O=C(Cl)[C@@H]1CC(=O)N(c2cc(Cl)ccc2Cl)C1. The van der Waals surface area contributed by atoms with Crippen LogP contribution in [-0.4, -0.2) is 17.7 Å². The van der Waals surface area contributed by atoms with Gasteiger partial charge in [-0.15, -0.1) is 0 Å². The Bertz CT molecular complexity index is 490. The first-order valence-electron chi connectivity index (χ1n) is 4.94. The number of amides is 1. The van der Waals surface area contributed by atoms with Crippen LogP contribution in [0.1, 0.15) is 6.42 Å². The lowest BCUT2D eigenvalue weighted by atomic mass is 10.1. The van der Waals surface area contributed by atoms with Crippen LogP contribution in [0.3, 0.4) is 0 Å². The highest BCUT2D eigenvalue weighted by Crippen LogP contribution is 2.33. The van der Waals surface area contributed by atoms with E-state index in [1.54, 1.807) is 18.2 Å². The van der Waals surface area contributed by atoms with E-state index in [0.29, 0.717) is 15.7 Å². The highest BCUT2D eigenvalue weighted by Gasteiger charge is 2.35. The van der Waals surface area contributed by atoms with E-state index in [-0.39, 0.29) is 18.9 Å². The molecule has 1 saturated heterocycles. The Hall–Kier alpha value is -0.770. The minimum Gasteiger partial charge on any atom is -0.310 e. The van der Waals surface area contributed by atoms with Gasteiger partial charge < -0.3 is 4.90 Å². The lowest BCUT2D eigenvalue weighted by Gasteiger charge is -2.17. The quantitative estimate of drug-likeness (QED) is 0.785. The van der Waals surface area contributed by atoms with Gasteiger partial charge in [0.2, 0.25) is 11.1 Å². The van der Waals surface area contributed by atoms with Gasteiger partial charge in [-0.1, -0.05) is 23.2 Å². The number of benzene rings is 1. The minimum atomic E-state index is -0.501. The maximum absolute atomic E-state index is 11.8. The largest absolute Gasteiger partial charge is 0.310 e. The van der Waals surface area contributed by atoms with E-state index in [9.17, 15) is 9.59 Å². The molecule has 1 aromatic carbocycles. The van der Waals surface area contributed by atoms with Crippen LogP contribution in [0.25, 0.3) is 0 Å². The van der Waals surface area contributed by atoms with E-state index >= 15 is 0 Å². The van der Waals surface area contributed by atoms with Gasteiger partial charge in [0.1, 0.15) is 0 Å². The number of anilines is 1. The molecule has 1 aromatic rings. The lowest BCUT2D eigenvalue weighted by Crippen LogP contribution is -2.25. The molecule has 1 fully saturated rings. The molecule has 3 nitrogen and oxygen atoms in total. The van der Waals surface area contributed by atoms with Crippen molar-refractivity contribution in [3.05, 3.63) is 28.2 Å². The second kappa shape index (κ2) is 4.84. The van der Waals surface area contributed by atoms with Crippen LogP contribution in [0, 0.1) is 5.92 Å². The van der Waals surface area contributed by atoms with Crippen molar-refractivity contribution in [2.45, 2.75) is 6.42 Å². The lowest BCUT2D eigenvalue weighted by molar-refractivity contribution is -0.120. The average molecular weight is 293 g/mol. The number of halogens is 3. The van der Waals surface area contributed by atoms with Gasteiger partial charge in [-0.2, -0.15) is 0 Å². The van der Waals surface area contributed by atoms with Crippen LogP contribution >= 0.6 is 34.8 Å². The van der Waals surface area contributed by atoms with Crippen molar-refractivity contribution in [3.8, 4) is 0 Å². The maximum Gasteiger partial charge on any atom is 0.227 e. The summed E-state index contributed by atoms with van der Waals surface area (Å²) in [7, 11) is 0. The van der Waals surface area contributed by atoms with Crippen LogP contribution in [0.2, 0.25) is 10.0 Å². The van der Waals surface area contributed by atoms with Crippen molar-refractivity contribution in [2.24, 2.45) is 5.92 Å². The molecule has 0 unspecified atom stereocenters. The molecule has 1 amide bonds. The first-order chi connectivity index (χ1) is 7.99. The number of hydrogen-bond acceptors (Lipinski definition) is 2. The highest BCUT2D eigenvalue weighted by molar-refractivity contribution is 6.64. The van der Waals surface area contributed by atoms with E-state index in [2.05, 4.69) is 0 Å². The standard InChI is InChI=1S/C11H8Cl3NO2/c12-7-1-2-8(13)9(4-7)15-5-6(11(14)17)3-10(15)16/h1-2,4,6H,3,5H2/t6-/m1/s1. The number of nitrogens with zero attached hydrogens (tertiary/aromatic N) is 1. The monoisotopic (exact) mass is 291 g/mol. The Morgan fingerprint density at radius 1 is 1.35 bits per heavy atom. The highest BCUT2D eigenvalue weighted by atomic mass is 35.5. The van der Waals surface area contributed by atoms with Crippen LogP contribution in [0.15, 0.2) is 18.2 Å². The number of hydrogen-bond donors (Lipinski definition) is 0. The molecule has 1 aliphatic rings. The maximum atomic E-state index is 11.8. The number of carbonyl (C=O) groups is 2. The molecule has 0 aliphatic carbocycles. The van der Waals surface area contributed by atoms with Crippen molar-refractivity contribution >= 4 is 51.6 Å². The molecule has 6 heteroatoms. The summed E-state index contributed by atoms with van der Waals surface area (Å²) in [5, 5.41) is 0.405. The van der Waals surface area contributed by atoms with Crippen molar-refractivity contribution in [1.82, 2.24) is 0 Å². The first kappa shape index (κ1) is 12.7. The summed E-state index contributed by atoms with van der Waals surface area (Å²) in [5.74, 6) is -0.646. The molecule has 1 aliphatic heterocycles. The van der Waals surface area contributed by atoms with Gasteiger partial charge in [0.25, 0.3) is 0 Å². The fourth-order valence-electron chi connectivity index (χ4n) is 1.79. The minimum absolute atomic E-state index is 0.116. The average Bonchev–Trinajstić information content (AvgIpc) is 2.64. The van der Waals surface area contributed by atoms with Crippen molar-refractivity contribution in [1.29, 1.82) is 0 Å². The molecule has 17 heavy (non-hydrogen) atoms. The van der Waals surface area contributed by atoms with Gasteiger partial charge >= 0.3 is 0 Å². The molecule has 0 saturated carbocycles. The fourth-order valence-corrected chi connectivity index (χ4v) is 2.32. The Morgan fingerprint density at radius 2 is 2.06 bits per heavy atom. The van der Waals surface area contributed by atoms with Crippen LogP contribution in [0.5, 0.6) is 0 Å². The predicted octanol–water partition coefficient (Wildman–Crippen LogP) is 3.11. The molecule has 0 N–H and O–H groups in total. The predicted molar refractivity (Wildman–Crippen MR) is 67.8 cm³/mol. The van der Waals surface area contributed by atoms with Crippen molar-refractivity contribution in [2.75, 3.05) is 11.4 Å². The molecule has 0 aromatic heterocycles. The van der Waals surface area contributed by atoms with Crippen LogP contribution in [-0.2, 0) is 9.59 Å². The summed E-state index contributed by atoms with van der Waals surface area (Å²) < 4.78 is 0. The molecular formula is C11H8Cl3NO2. The summed E-state index contributed by atoms with van der Waals surface area (Å²) in [6, 6.07) is 4.85. The van der Waals surface area contributed by atoms with Gasteiger partial charge in [-0.05, 0) is 29.8 Å². The van der Waals surface area contributed by atoms with Crippen molar-refractivity contribution < 1.29 is 9.59 Å². The van der Waals surface area contributed by atoms with Crippen LogP contribution < -0.4 is 4.90 Å². The Kier molecular flexibility index (Phi) is 3.61. The van der Waals surface area contributed by atoms with Gasteiger partial charge in [0, 0.05) is 18.0 Å². The molecule has 2 rings (SSSR count). The van der Waals surface area contributed by atoms with Gasteiger partial charge in [0.05, 0.1) is 16.6 Å². The molecule has 0 spiro atoms. The summed E-state index contributed by atoms with van der Waals surface area (Å²) in [4.78, 5) is 24.3. The van der Waals surface area contributed by atoms with Crippen molar-refractivity contribution in [3.63, 3.8) is 0 Å². The first-order valence-corrected chi connectivity index (χ1v) is 6.07. The molecule has 1 atom stereocenters. The molecule has 0 bridgehead atoms. The third-order valence-electron chi connectivity index (χ3n) is 2.64. The normalized spacial score (nSPS) is 19.8. The third-order valence-corrected chi connectivity index (χ3v) is 3.51. The second-order valence-electron chi connectivity index (χ2n) is 3.81. The topological polar surface area (TPSA) is 37.4 Å². The zero-order chi connectivity index (χ0) is 12.6. The number of rotatable bonds is 2. The van der Waals surface area contributed by atoms with E-state index < -0.39 is 11.2 Å².